The summed E-state index contributed by atoms with van der Waals surface area (Å²) in [5, 5.41) is 8.89. The number of amides is 1. The summed E-state index contributed by atoms with van der Waals surface area (Å²) >= 11 is 0. The number of aliphatic hydroxyl groups is 1. The van der Waals surface area contributed by atoms with Gasteiger partial charge in [0.05, 0.1) is 12.8 Å². The van der Waals surface area contributed by atoms with E-state index in [4.69, 9.17) is 5.11 Å². The van der Waals surface area contributed by atoms with Gasteiger partial charge in [0.2, 0.25) is 0 Å². The normalized spacial score (nSPS) is 10.4. The molecular formula is C11H19N3O2. The van der Waals surface area contributed by atoms with Crippen molar-refractivity contribution in [1.82, 2.24) is 14.9 Å². The molecule has 0 atom stereocenters. The van der Waals surface area contributed by atoms with Gasteiger partial charge in [-0.25, -0.2) is 4.98 Å². The summed E-state index contributed by atoms with van der Waals surface area (Å²) in [6.07, 6.45) is 3.21. The number of aromatic amines is 1. The number of imidazole rings is 1. The number of carbonyl (C=O) groups is 1. The maximum atomic E-state index is 12.0. The lowest BCUT2D eigenvalue weighted by molar-refractivity contribution is 0.0716. The van der Waals surface area contributed by atoms with E-state index < -0.39 is 0 Å². The molecule has 0 aromatic carbocycles. The Kier molecular flexibility index (Phi) is 4.98. The number of aromatic nitrogens is 2. The number of H-pyrrole nitrogens is 1. The fourth-order valence-electron chi connectivity index (χ4n) is 1.53. The lowest BCUT2D eigenvalue weighted by Gasteiger charge is -2.19. The van der Waals surface area contributed by atoms with E-state index >= 15 is 0 Å². The van der Waals surface area contributed by atoms with Crippen molar-refractivity contribution >= 4 is 5.91 Å². The van der Waals surface area contributed by atoms with Crippen LogP contribution in [0, 0.1) is 0 Å². The van der Waals surface area contributed by atoms with Gasteiger partial charge in [0, 0.05) is 19.5 Å². The van der Waals surface area contributed by atoms with Crippen LogP contribution < -0.4 is 0 Å². The van der Waals surface area contributed by atoms with E-state index in [-0.39, 0.29) is 12.5 Å². The largest absolute Gasteiger partial charge is 0.395 e. The molecule has 90 valence electrons. The molecule has 0 bridgehead atoms. The minimum absolute atomic E-state index is 0.0134. The first-order valence-electron chi connectivity index (χ1n) is 5.66. The van der Waals surface area contributed by atoms with Gasteiger partial charge >= 0.3 is 0 Å². The van der Waals surface area contributed by atoms with Crippen LogP contribution in [-0.2, 0) is 6.42 Å². The zero-order chi connectivity index (χ0) is 12.0. The third-order valence-corrected chi connectivity index (χ3v) is 2.34. The molecule has 0 saturated carbocycles. The van der Waals surface area contributed by atoms with Crippen molar-refractivity contribution in [3.05, 3.63) is 17.7 Å². The molecule has 0 aliphatic rings. The molecule has 1 aromatic heterocycles. The molecule has 1 rings (SSSR count). The molecule has 0 unspecified atom stereocenters. The van der Waals surface area contributed by atoms with Gasteiger partial charge in [-0.1, -0.05) is 13.8 Å². The standard InChI is InChI=1S/C11H19N3O2/c1-3-5-14(6-7-15)11(16)9-8-12-10(4-2)13-9/h8,15H,3-7H2,1-2H3,(H,12,13). The maximum Gasteiger partial charge on any atom is 0.272 e. The molecule has 1 amide bonds. The van der Waals surface area contributed by atoms with Crippen molar-refractivity contribution in [1.29, 1.82) is 0 Å². The molecule has 16 heavy (non-hydrogen) atoms. The number of carbonyl (C=O) groups excluding carboxylic acids is 1. The Morgan fingerprint density at radius 1 is 1.50 bits per heavy atom. The number of nitrogens with zero attached hydrogens (tertiary/aromatic N) is 2. The number of rotatable bonds is 6. The highest BCUT2D eigenvalue weighted by Crippen LogP contribution is 2.04. The Morgan fingerprint density at radius 3 is 2.75 bits per heavy atom. The molecular weight excluding hydrogens is 206 g/mol. The van der Waals surface area contributed by atoms with E-state index in [0.717, 1.165) is 18.7 Å². The van der Waals surface area contributed by atoms with Gasteiger partial charge in [-0.15, -0.1) is 0 Å². The molecule has 0 fully saturated rings. The maximum absolute atomic E-state index is 12.0. The number of aliphatic hydroxyl groups excluding tert-OH is 1. The van der Waals surface area contributed by atoms with E-state index in [1.807, 2.05) is 13.8 Å². The highest BCUT2D eigenvalue weighted by Gasteiger charge is 2.16. The Balaban J connectivity index is 2.72. The molecule has 5 heteroatoms. The Labute approximate surface area is 95.5 Å². The average molecular weight is 225 g/mol. The number of hydrogen-bond donors (Lipinski definition) is 2. The summed E-state index contributed by atoms with van der Waals surface area (Å²) in [5.41, 5.74) is 0.499. The minimum Gasteiger partial charge on any atom is -0.395 e. The van der Waals surface area contributed by atoms with Crippen LogP contribution in [0.15, 0.2) is 6.20 Å². The smallest absolute Gasteiger partial charge is 0.272 e. The monoisotopic (exact) mass is 225 g/mol. The highest BCUT2D eigenvalue weighted by atomic mass is 16.3. The first kappa shape index (κ1) is 12.7. The first-order valence-corrected chi connectivity index (χ1v) is 5.66. The van der Waals surface area contributed by atoms with Gasteiger partial charge < -0.3 is 15.0 Å². The van der Waals surface area contributed by atoms with Crippen molar-refractivity contribution < 1.29 is 9.90 Å². The summed E-state index contributed by atoms with van der Waals surface area (Å²) < 4.78 is 0. The van der Waals surface area contributed by atoms with Crippen molar-refractivity contribution in [3.63, 3.8) is 0 Å². The summed E-state index contributed by atoms with van der Waals surface area (Å²) in [6.45, 7) is 4.99. The van der Waals surface area contributed by atoms with Crippen LogP contribution >= 0.6 is 0 Å². The topological polar surface area (TPSA) is 69.2 Å². The van der Waals surface area contributed by atoms with Crippen molar-refractivity contribution in [2.75, 3.05) is 19.7 Å². The van der Waals surface area contributed by atoms with Gasteiger partial charge in [0.1, 0.15) is 11.5 Å². The van der Waals surface area contributed by atoms with Crippen LogP contribution in [-0.4, -0.2) is 45.6 Å². The Bertz CT molecular complexity index is 330. The summed E-state index contributed by atoms with van der Waals surface area (Å²) in [4.78, 5) is 20.7. The quantitative estimate of drug-likeness (QED) is 0.753. The molecule has 1 aromatic rings. The molecule has 5 nitrogen and oxygen atoms in total. The number of hydrogen-bond acceptors (Lipinski definition) is 3. The predicted molar refractivity (Wildman–Crippen MR) is 61.2 cm³/mol. The molecule has 1 heterocycles. The summed E-state index contributed by atoms with van der Waals surface area (Å²) in [7, 11) is 0. The summed E-state index contributed by atoms with van der Waals surface area (Å²) in [5.74, 6) is 0.715. The molecule has 0 saturated heterocycles. The highest BCUT2D eigenvalue weighted by molar-refractivity contribution is 5.92. The van der Waals surface area contributed by atoms with Gasteiger partial charge in [0.25, 0.3) is 5.91 Å². The van der Waals surface area contributed by atoms with Gasteiger partial charge in [-0.2, -0.15) is 0 Å². The van der Waals surface area contributed by atoms with Gasteiger partial charge in [-0.05, 0) is 6.42 Å². The van der Waals surface area contributed by atoms with Crippen molar-refractivity contribution in [2.24, 2.45) is 0 Å². The SMILES string of the molecule is CCCN(CCO)C(=O)c1cnc(CC)[nH]1. The van der Waals surface area contributed by atoms with Crippen LogP contribution in [0.4, 0.5) is 0 Å². The first-order chi connectivity index (χ1) is 7.72. The minimum atomic E-state index is -0.0944. The number of nitrogens with one attached hydrogen (secondary N) is 1. The molecule has 0 aliphatic heterocycles. The van der Waals surface area contributed by atoms with E-state index in [0.29, 0.717) is 18.8 Å². The fraction of sp³-hybridized carbons (Fsp3) is 0.636. The van der Waals surface area contributed by atoms with Crippen LogP contribution in [0.1, 0.15) is 36.6 Å². The second-order valence-corrected chi connectivity index (χ2v) is 3.61. The average Bonchev–Trinajstić information content (AvgIpc) is 2.76. The lowest BCUT2D eigenvalue weighted by atomic mass is 10.3. The Hall–Kier alpha value is -1.36. The van der Waals surface area contributed by atoms with Crippen molar-refractivity contribution in [2.45, 2.75) is 26.7 Å². The van der Waals surface area contributed by atoms with E-state index in [2.05, 4.69) is 9.97 Å². The second-order valence-electron chi connectivity index (χ2n) is 3.61. The van der Waals surface area contributed by atoms with Gasteiger partial charge in [-0.3, -0.25) is 4.79 Å². The zero-order valence-electron chi connectivity index (χ0n) is 9.86. The van der Waals surface area contributed by atoms with Crippen LogP contribution in [0.2, 0.25) is 0 Å². The third kappa shape index (κ3) is 3.06. The van der Waals surface area contributed by atoms with E-state index in [1.165, 1.54) is 0 Å². The zero-order valence-corrected chi connectivity index (χ0v) is 9.86. The molecule has 0 spiro atoms. The van der Waals surface area contributed by atoms with Crippen LogP contribution in [0.5, 0.6) is 0 Å². The number of aryl methyl sites for hydroxylation is 1. The Morgan fingerprint density at radius 2 is 2.25 bits per heavy atom. The van der Waals surface area contributed by atoms with E-state index in [9.17, 15) is 4.79 Å². The third-order valence-electron chi connectivity index (χ3n) is 2.34. The molecule has 0 aliphatic carbocycles. The van der Waals surface area contributed by atoms with Crippen LogP contribution in [0.25, 0.3) is 0 Å². The van der Waals surface area contributed by atoms with Crippen LogP contribution in [0.3, 0.4) is 0 Å². The predicted octanol–water partition coefficient (Wildman–Crippen LogP) is 0.817. The van der Waals surface area contributed by atoms with Crippen molar-refractivity contribution in [3.8, 4) is 0 Å². The lowest BCUT2D eigenvalue weighted by Crippen LogP contribution is -2.34. The van der Waals surface area contributed by atoms with E-state index in [1.54, 1.807) is 11.1 Å². The van der Waals surface area contributed by atoms with Gasteiger partial charge in [0.15, 0.2) is 0 Å². The second kappa shape index (κ2) is 6.27. The molecule has 2 N–H and O–H groups in total. The molecule has 0 radical (unpaired) electrons. The summed E-state index contributed by atoms with van der Waals surface area (Å²) in [6, 6.07) is 0. The fourth-order valence-corrected chi connectivity index (χ4v) is 1.53.